The van der Waals surface area contributed by atoms with E-state index in [2.05, 4.69) is 0 Å². The third-order valence-electron chi connectivity index (χ3n) is 3.01. The van der Waals surface area contributed by atoms with Gasteiger partial charge in [-0.25, -0.2) is 0 Å². The highest BCUT2D eigenvalue weighted by Crippen LogP contribution is 2.22. The van der Waals surface area contributed by atoms with Crippen molar-refractivity contribution in [2.24, 2.45) is 0 Å². The van der Waals surface area contributed by atoms with Gasteiger partial charge in [-0.2, -0.15) is 8.78 Å². The molecule has 1 heterocycles. The van der Waals surface area contributed by atoms with Crippen LogP contribution in [0.5, 0.6) is 0 Å². The summed E-state index contributed by atoms with van der Waals surface area (Å²) in [5.74, 6) is -0.597. The largest absolute Gasteiger partial charge is 0.274 e. The van der Waals surface area contributed by atoms with Crippen LogP contribution in [0.1, 0.15) is 40.0 Å². The van der Waals surface area contributed by atoms with E-state index >= 15 is 0 Å². The maximum absolute atomic E-state index is 12.0. The van der Waals surface area contributed by atoms with E-state index < -0.39 is 6.08 Å². The van der Waals surface area contributed by atoms with Gasteiger partial charge in [-0.3, -0.25) is 14.5 Å². The standard InChI is InChI=1S/C14H13F2NO2/c15-12(16)8-2-1-5-9-17-13(18)10-6-3-4-7-11(10)14(17)19/h3-4,6-8H,1-2,5,9H2. The third-order valence-corrected chi connectivity index (χ3v) is 3.01. The molecule has 0 unspecified atom stereocenters. The van der Waals surface area contributed by atoms with Crippen LogP contribution in [0.3, 0.4) is 0 Å². The number of hydrogen-bond acceptors (Lipinski definition) is 2. The first-order valence-corrected chi connectivity index (χ1v) is 6.07. The van der Waals surface area contributed by atoms with Crippen molar-refractivity contribution in [3.8, 4) is 0 Å². The van der Waals surface area contributed by atoms with E-state index in [1.165, 1.54) is 4.90 Å². The summed E-state index contributed by atoms with van der Waals surface area (Å²) >= 11 is 0. The van der Waals surface area contributed by atoms with E-state index in [0.717, 1.165) is 6.08 Å². The van der Waals surface area contributed by atoms with Crippen LogP contribution < -0.4 is 0 Å². The summed E-state index contributed by atoms with van der Waals surface area (Å²) in [7, 11) is 0. The normalized spacial score (nSPS) is 13.7. The molecule has 0 aromatic heterocycles. The number of allylic oxidation sites excluding steroid dienone is 1. The molecule has 0 bridgehead atoms. The lowest BCUT2D eigenvalue weighted by Crippen LogP contribution is -2.30. The number of unbranched alkanes of at least 4 members (excludes halogenated alkanes) is 2. The van der Waals surface area contributed by atoms with Crippen LogP contribution in [0.25, 0.3) is 0 Å². The van der Waals surface area contributed by atoms with Crippen LogP contribution in [0, 0.1) is 0 Å². The zero-order valence-electron chi connectivity index (χ0n) is 10.2. The molecule has 100 valence electrons. The van der Waals surface area contributed by atoms with E-state index in [1.807, 2.05) is 0 Å². The lowest BCUT2D eigenvalue weighted by molar-refractivity contribution is 0.0652. The van der Waals surface area contributed by atoms with Crippen LogP contribution in [-0.4, -0.2) is 23.3 Å². The Bertz CT molecular complexity index is 501. The van der Waals surface area contributed by atoms with Gasteiger partial charge in [-0.15, -0.1) is 0 Å². The first-order chi connectivity index (χ1) is 9.11. The summed E-state index contributed by atoms with van der Waals surface area (Å²) in [6.07, 6.45) is 0.453. The second kappa shape index (κ2) is 5.73. The highest BCUT2D eigenvalue weighted by Gasteiger charge is 2.34. The number of fused-ring (bicyclic) bond motifs is 1. The Labute approximate surface area is 109 Å². The Hall–Kier alpha value is -2.04. The maximum atomic E-state index is 12.0. The SMILES string of the molecule is O=C1c2ccccc2C(=O)N1CCCCC=C(F)F. The maximum Gasteiger partial charge on any atom is 0.266 e. The Morgan fingerprint density at radius 3 is 2.16 bits per heavy atom. The zero-order chi connectivity index (χ0) is 13.8. The number of rotatable bonds is 5. The van der Waals surface area contributed by atoms with Crippen LogP contribution in [0.2, 0.25) is 0 Å². The Morgan fingerprint density at radius 2 is 1.63 bits per heavy atom. The molecule has 1 aromatic rings. The molecule has 0 N–H and O–H groups in total. The first kappa shape index (κ1) is 13.4. The predicted molar refractivity (Wildman–Crippen MR) is 66.0 cm³/mol. The van der Waals surface area contributed by atoms with E-state index in [1.54, 1.807) is 24.3 Å². The predicted octanol–water partition coefficient (Wildman–Crippen LogP) is 3.23. The number of amides is 2. The zero-order valence-corrected chi connectivity index (χ0v) is 10.2. The monoisotopic (exact) mass is 265 g/mol. The minimum atomic E-state index is -1.69. The van der Waals surface area contributed by atoms with Gasteiger partial charge in [-0.05, 0) is 37.5 Å². The average Bonchev–Trinajstić information content (AvgIpc) is 2.63. The molecule has 19 heavy (non-hydrogen) atoms. The van der Waals surface area contributed by atoms with Gasteiger partial charge in [0, 0.05) is 6.54 Å². The molecule has 0 saturated carbocycles. The topological polar surface area (TPSA) is 37.4 Å². The van der Waals surface area contributed by atoms with Crippen molar-refractivity contribution in [3.63, 3.8) is 0 Å². The van der Waals surface area contributed by atoms with E-state index in [4.69, 9.17) is 0 Å². The summed E-state index contributed by atoms with van der Waals surface area (Å²) in [6, 6.07) is 6.66. The third kappa shape index (κ3) is 2.86. The van der Waals surface area contributed by atoms with E-state index in [9.17, 15) is 18.4 Å². The number of carbonyl (C=O) groups is 2. The molecular formula is C14H13F2NO2. The number of carbonyl (C=O) groups excluding carboxylic acids is 2. The molecule has 2 rings (SSSR count). The summed E-state index contributed by atoms with van der Waals surface area (Å²) in [4.78, 5) is 25.1. The molecule has 0 atom stereocenters. The van der Waals surface area contributed by atoms with E-state index in [-0.39, 0.29) is 24.8 Å². The van der Waals surface area contributed by atoms with Crippen molar-refractivity contribution < 1.29 is 18.4 Å². The van der Waals surface area contributed by atoms with Gasteiger partial charge in [0.2, 0.25) is 0 Å². The number of halogens is 2. The highest BCUT2D eigenvalue weighted by molar-refractivity contribution is 6.21. The minimum Gasteiger partial charge on any atom is -0.274 e. The van der Waals surface area contributed by atoms with E-state index in [0.29, 0.717) is 24.0 Å². The molecule has 0 saturated heterocycles. The fraction of sp³-hybridized carbons (Fsp3) is 0.286. The molecule has 3 nitrogen and oxygen atoms in total. The quantitative estimate of drug-likeness (QED) is 0.605. The summed E-state index contributed by atoms with van der Waals surface area (Å²) in [5.41, 5.74) is 0.837. The van der Waals surface area contributed by atoms with Crippen molar-refractivity contribution in [3.05, 3.63) is 47.5 Å². The van der Waals surface area contributed by atoms with Gasteiger partial charge in [-0.1, -0.05) is 12.1 Å². The fourth-order valence-electron chi connectivity index (χ4n) is 2.07. The molecule has 1 aliphatic heterocycles. The average molecular weight is 265 g/mol. The molecule has 0 spiro atoms. The lowest BCUT2D eigenvalue weighted by Gasteiger charge is -2.12. The second-order valence-electron chi connectivity index (χ2n) is 4.30. The Balaban J connectivity index is 1.92. The number of benzene rings is 1. The van der Waals surface area contributed by atoms with Crippen molar-refractivity contribution in [2.45, 2.75) is 19.3 Å². The summed E-state index contributed by atoms with van der Waals surface area (Å²) in [6.45, 7) is 0.272. The number of nitrogens with zero attached hydrogens (tertiary/aromatic N) is 1. The second-order valence-corrected chi connectivity index (χ2v) is 4.30. The van der Waals surface area contributed by atoms with Gasteiger partial charge in [0.25, 0.3) is 17.9 Å². The lowest BCUT2D eigenvalue weighted by atomic mass is 10.1. The molecule has 2 amide bonds. The number of imide groups is 1. The number of hydrogen-bond donors (Lipinski definition) is 0. The summed E-state index contributed by atoms with van der Waals surface area (Å²) < 4.78 is 23.6. The Kier molecular flexibility index (Phi) is 4.04. The molecule has 1 aromatic carbocycles. The molecule has 1 aliphatic rings. The van der Waals surface area contributed by atoms with Gasteiger partial charge < -0.3 is 0 Å². The molecule has 0 aliphatic carbocycles. The van der Waals surface area contributed by atoms with Gasteiger partial charge in [0.05, 0.1) is 11.1 Å². The molecular weight excluding hydrogens is 252 g/mol. The van der Waals surface area contributed by atoms with Crippen molar-refractivity contribution in [1.29, 1.82) is 0 Å². The summed E-state index contributed by atoms with van der Waals surface area (Å²) in [5, 5.41) is 0. The molecule has 0 fully saturated rings. The fourth-order valence-corrected chi connectivity index (χ4v) is 2.07. The van der Waals surface area contributed by atoms with Crippen molar-refractivity contribution in [2.75, 3.05) is 6.54 Å². The molecule has 0 radical (unpaired) electrons. The van der Waals surface area contributed by atoms with Gasteiger partial charge >= 0.3 is 0 Å². The van der Waals surface area contributed by atoms with Gasteiger partial charge in [0.15, 0.2) is 0 Å². The van der Waals surface area contributed by atoms with Crippen LogP contribution >= 0.6 is 0 Å². The van der Waals surface area contributed by atoms with Crippen molar-refractivity contribution in [1.82, 2.24) is 4.90 Å². The highest BCUT2D eigenvalue weighted by atomic mass is 19.3. The Morgan fingerprint density at radius 1 is 1.05 bits per heavy atom. The minimum absolute atomic E-state index is 0.255. The van der Waals surface area contributed by atoms with Crippen LogP contribution in [0.15, 0.2) is 36.4 Å². The smallest absolute Gasteiger partial charge is 0.266 e. The van der Waals surface area contributed by atoms with Gasteiger partial charge in [0.1, 0.15) is 0 Å². The first-order valence-electron chi connectivity index (χ1n) is 6.07. The van der Waals surface area contributed by atoms with Crippen molar-refractivity contribution >= 4 is 11.8 Å². The van der Waals surface area contributed by atoms with Crippen LogP contribution in [0.4, 0.5) is 8.78 Å². The van der Waals surface area contributed by atoms with Crippen LogP contribution in [-0.2, 0) is 0 Å². The molecule has 5 heteroatoms.